The van der Waals surface area contributed by atoms with Crippen LogP contribution >= 0.6 is 0 Å². The Hall–Kier alpha value is -1.47. The second-order valence-electron chi connectivity index (χ2n) is 5.29. The second kappa shape index (κ2) is 7.00. The number of carbonyl (C=O) groups excluding carboxylic acids is 1. The number of ketones is 1. The standard InChI is InChI=1S/C15H20O6/c16-10(6-5-9-3-1-2-4-11(9)17)7-13-15(20)14(19)12(18)8-21-13/h1-4,10,12-13,15-18,20H,5-8H2/t10?,12-,13?,15+/m1/s1. The molecule has 0 saturated carbocycles. The molecular weight excluding hydrogens is 276 g/mol. The number of hydrogen-bond acceptors (Lipinski definition) is 6. The van der Waals surface area contributed by atoms with Crippen LogP contribution in [0.4, 0.5) is 0 Å². The minimum atomic E-state index is -1.41. The first kappa shape index (κ1) is 15.9. The Balaban J connectivity index is 1.83. The molecule has 2 unspecified atom stereocenters. The molecule has 0 aliphatic carbocycles. The maximum Gasteiger partial charge on any atom is 0.194 e. The van der Waals surface area contributed by atoms with E-state index in [-0.39, 0.29) is 18.8 Å². The number of aryl methyl sites for hydroxylation is 1. The molecule has 116 valence electrons. The summed E-state index contributed by atoms with van der Waals surface area (Å²) in [4.78, 5) is 11.4. The van der Waals surface area contributed by atoms with E-state index in [0.29, 0.717) is 12.8 Å². The number of para-hydroxylation sites is 1. The summed E-state index contributed by atoms with van der Waals surface area (Å²) in [7, 11) is 0. The molecule has 1 aromatic rings. The summed E-state index contributed by atoms with van der Waals surface area (Å²) in [5, 5.41) is 38.6. The molecule has 2 rings (SSSR count). The first-order valence-corrected chi connectivity index (χ1v) is 6.95. The Kier molecular flexibility index (Phi) is 5.30. The first-order valence-electron chi connectivity index (χ1n) is 6.95. The average molecular weight is 296 g/mol. The molecule has 4 atom stereocenters. The number of aliphatic hydroxyl groups excluding tert-OH is 3. The van der Waals surface area contributed by atoms with Crippen LogP contribution in [-0.4, -0.2) is 57.2 Å². The molecule has 1 aliphatic rings. The van der Waals surface area contributed by atoms with Crippen LogP contribution in [0.1, 0.15) is 18.4 Å². The molecule has 6 heteroatoms. The summed E-state index contributed by atoms with van der Waals surface area (Å²) >= 11 is 0. The molecule has 1 aliphatic heterocycles. The van der Waals surface area contributed by atoms with Gasteiger partial charge in [-0.2, -0.15) is 0 Å². The quantitative estimate of drug-likeness (QED) is 0.598. The number of hydrogen-bond donors (Lipinski definition) is 4. The van der Waals surface area contributed by atoms with Crippen molar-refractivity contribution in [1.29, 1.82) is 0 Å². The van der Waals surface area contributed by atoms with Crippen molar-refractivity contribution in [2.45, 2.75) is 43.7 Å². The van der Waals surface area contributed by atoms with Gasteiger partial charge in [0.15, 0.2) is 5.78 Å². The average Bonchev–Trinajstić information content (AvgIpc) is 2.47. The summed E-state index contributed by atoms with van der Waals surface area (Å²) in [5.74, 6) is -0.490. The predicted octanol–water partition coefficient (Wildman–Crippen LogP) is -0.235. The van der Waals surface area contributed by atoms with Crippen LogP contribution in [0, 0.1) is 0 Å². The number of benzene rings is 1. The van der Waals surface area contributed by atoms with Crippen molar-refractivity contribution >= 4 is 5.78 Å². The molecule has 4 N–H and O–H groups in total. The maximum atomic E-state index is 11.4. The highest BCUT2D eigenvalue weighted by molar-refractivity contribution is 5.88. The van der Waals surface area contributed by atoms with Crippen LogP contribution in [0.2, 0.25) is 0 Å². The lowest BCUT2D eigenvalue weighted by atomic mass is 9.95. The fraction of sp³-hybridized carbons (Fsp3) is 0.533. The lowest BCUT2D eigenvalue weighted by Crippen LogP contribution is -2.50. The molecule has 0 aromatic heterocycles. The minimum absolute atomic E-state index is 0.104. The number of rotatable bonds is 5. The van der Waals surface area contributed by atoms with E-state index in [1.165, 1.54) is 0 Å². The van der Waals surface area contributed by atoms with Crippen LogP contribution in [0.5, 0.6) is 5.75 Å². The van der Waals surface area contributed by atoms with E-state index in [2.05, 4.69) is 0 Å². The van der Waals surface area contributed by atoms with Crippen LogP contribution in [0.15, 0.2) is 24.3 Å². The van der Waals surface area contributed by atoms with Crippen LogP contribution < -0.4 is 0 Å². The molecule has 1 heterocycles. The van der Waals surface area contributed by atoms with Crippen molar-refractivity contribution in [3.63, 3.8) is 0 Å². The highest BCUT2D eigenvalue weighted by atomic mass is 16.5. The lowest BCUT2D eigenvalue weighted by molar-refractivity contribution is -0.167. The molecule has 0 radical (unpaired) electrons. The Bertz CT molecular complexity index is 489. The summed E-state index contributed by atoms with van der Waals surface area (Å²) in [5.41, 5.74) is 0.730. The lowest BCUT2D eigenvalue weighted by Gasteiger charge is -2.31. The largest absolute Gasteiger partial charge is 0.508 e. The van der Waals surface area contributed by atoms with E-state index in [1.807, 2.05) is 0 Å². The van der Waals surface area contributed by atoms with Gasteiger partial charge in [-0.1, -0.05) is 18.2 Å². The molecule has 1 aromatic carbocycles. The van der Waals surface area contributed by atoms with Crippen molar-refractivity contribution in [2.24, 2.45) is 0 Å². The van der Waals surface area contributed by atoms with Gasteiger partial charge in [-0.15, -0.1) is 0 Å². The van der Waals surface area contributed by atoms with Crippen molar-refractivity contribution < 1.29 is 30.0 Å². The van der Waals surface area contributed by atoms with E-state index in [0.717, 1.165) is 5.56 Å². The monoisotopic (exact) mass is 296 g/mol. The number of phenols is 1. The summed E-state index contributed by atoms with van der Waals surface area (Å²) in [6, 6.07) is 6.87. The number of Topliss-reactive ketones (excluding diaryl/α,β-unsaturated/α-hetero) is 1. The Morgan fingerprint density at radius 1 is 1.29 bits per heavy atom. The third kappa shape index (κ3) is 4.01. The van der Waals surface area contributed by atoms with Gasteiger partial charge in [0.25, 0.3) is 0 Å². The number of ether oxygens (including phenoxy) is 1. The van der Waals surface area contributed by atoms with Gasteiger partial charge in [0, 0.05) is 6.42 Å². The second-order valence-corrected chi connectivity index (χ2v) is 5.29. The van der Waals surface area contributed by atoms with E-state index in [9.17, 15) is 25.2 Å². The van der Waals surface area contributed by atoms with Crippen molar-refractivity contribution in [3.05, 3.63) is 29.8 Å². The molecule has 21 heavy (non-hydrogen) atoms. The molecule has 1 saturated heterocycles. The van der Waals surface area contributed by atoms with Crippen LogP contribution in [-0.2, 0) is 16.0 Å². The number of aromatic hydroxyl groups is 1. The number of phenolic OH excluding ortho intramolecular Hbond substituents is 1. The van der Waals surface area contributed by atoms with Gasteiger partial charge >= 0.3 is 0 Å². The molecular formula is C15H20O6. The predicted molar refractivity (Wildman–Crippen MR) is 73.8 cm³/mol. The van der Waals surface area contributed by atoms with E-state index >= 15 is 0 Å². The van der Waals surface area contributed by atoms with Gasteiger partial charge in [0.1, 0.15) is 18.0 Å². The van der Waals surface area contributed by atoms with Crippen LogP contribution in [0.25, 0.3) is 0 Å². The topological polar surface area (TPSA) is 107 Å². The maximum absolute atomic E-state index is 11.4. The molecule has 1 fully saturated rings. The van der Waals surface area contributed by atoms with Gasteiger partial charge in [0.05, 0.1) is 18.8 Å². The third-order valence-corrected chi connectivity index (χ3v) is 3.68. The first-order chi connectivity index (χ1) is 9.99. The van der Waals surface area contributed by atoms with Gasteiger partial charge in [-0.05, 0) is 24.5 Å². The zero-order valence-electron chi connectivity index (χ0n) is 11.6. The summed E-state index contributed by atoms with van der Waals surface area (Å²) in [6.45, 7) is -0.160. The van der Waals surface area contributed by atoms with Gasteiger partial charge in [-0.25, -0.2) is 0 Å². The zero-order chi connectivity index (χ0) is 15.4. The van der Waals surface area contributed by atoms with E-state index in [4.69, 9.17) is 4.74 Å². The Morgan fingerprint density at radius 3 is 2.71 bits per heavy atom. The van der Waals surface area contributed by atoms with E-state index < -0.39 is 30.2 Å². The Labute approximate surface area is 122 Å². The molecule has 0 spiro atoms. The molecule has 0 bridgehead atoms. The van der Waals surface area contributed by atoms with Gasteiger partial charge in [-0.3, -0.25) is 4.79 Å². The number of aliphatic hydroxyl groups is 3. The summed E-state index contributed by atoms with van der Waals surface area (Å²) in [6.07, 6.45) is -3.32. The number of carbonyl (C=O) groups is 1. The van der Waals surface area contributed by atoms with E-state index in [1.54, 1.807) is 24.3 Å². The molecule has 6 nitrogen and oxygen atoms in total. The normalized spacial score (nSPS) is 27.6. The molecule has 0 amide bonds. The minimum Gasteiger partial charge on any atom is -0.508 e. The SMILES string of the molecule is O=C1[C@H](O)COC(CC(O)CCc2ccccc2O)[C@@H]1O. The van der Waals surface area contributed by atoms with Gasteiger partial charge < -0.3 is 25.2 Å². The summed E-state index contributed by atoms with van der Waals surface area (Å²) < 4.78 is 5.19. The fourth-order valence-corrected chi connectivity index (χ4v) is 2.40. The Morgan fingerprint density at radius 2 is 2.00 bits per heavy atom. The van der Waals surface area contributed by atoms with Crippen molar-refractivity contribution in [1.82, 2.24) is 0 Å². The third-order valence-electron chi connectivity index (χ3n) is 3.68. The highest BCUT2D eigenvalue weighted by Gasteiger charge is 2.37. The van der Waals surface area contributed by atoms with Gasteiger partial charge in [0.2, 0.25) is 0 Å². The van der Waals surface area contributed by atoms with Crippen molar-refractivity contribution in [3.8, 4) is 5.75 Å². The zero-order valence-corrected chi connectivity index (χ0v) is 11.6. The van der Waals surface area contributed by atoms with Crippen molar-refractivity contribution in [2.75, 3.05) is 6.61 Å². The highest BCUT2D eigenvalue weighted by Crippen LogP contribution is 2.21. The smallest absolute Gasteiger partial charge is 0.194 e. The fourth-order valence-electron chi connectivity index (χ4n) is 2.40. The van der Waals surface area contributed by atoms with Crippen LogP contribution in [0.3, 0.4) is 0 Å².